The highest BCUT2D eigenvalue weighted by atomic mass is 16.5. The van der Waals surface area contributed by atoms with E-state index in [4.69, 9.17) is 4.74 Å². The molecule has 0 saturated heterocycles. The standard InChI is InChI=1S/C14H16O/c1-5-7-12(4)13-10-11(3)8-9-14(13)15-6-2/h5-10H,2,4H2,1,3H3. The lowest BCUT2D eigenvalue weighted by atomic mass is 10.0. The van der Waals surface area contributed by atoms with Gasteiger partial charge in [-0.1, -0.05) is 36.9 Å². The van der Waals surface area contributed by atoms with E-state index in [1.807, 2.05) is 38.1 Å². The Morgan fingerprint density at radius 2 is 2.13 bits per heavy atom. The molecule has 0 aliphatic rings. The fraction of sp³-hybridized carbons (Fsp3) is 0.143. The second-order valence-corrected chi connectivity index (χ2v) is 3.31. The van der Waals surface area contributed by atoms with Gasteiger partial charge in [0, 0.05) is 5.56 Å². The van der Waals surface area contributed by atoms with Crippen molar-refractivity contribution in [3.05, 3.63) is 60.9 Å². The zero-order chi connectivity index (χ0) is 11.3. The van der Waals surface area contributed by atoms with E-state index >= 15 is 0 Å². The molecule has 0 aromatic heterocycles. The molecule has 0 atom stereocenters. The maximum Gasteiger partial charge on any atom is 0.134 e. The number of ether oxygens (including phenoxy) is 1. The van der Waals surface area contributed by atoms with Crippen LogP contribution in [0.25, 0.3) is 5.57 Å². The van der Waals surface area contributed by atoms with Crippen molar-refractivity contribution >= 4 is 5.57 Å². The monoisotopic (exact) mass is 200 g/mol. The van der Waals surface area contributed by atoms with Gasteiger partial charge >= 0.3 is 0 Å². The van der Waals surface area contributed by atoms with Gasteiger partial charge in [-0.2, -0.15) is 0 Å². The van der Waals surface area contributed by atoms with Crippen LogP contribution >= 0.6 is 0 Å². The Morgan fingerprint density at radius 1 is 1.40 bits per heavy atom. The van der Waals surface area contributed by atoms with Crippen molar-refractivity contribution in [3.8, 4) is 5.75 Å². The van der Waals surface area contributed by atoms with Crippen molar-refractivity contribution in [2.24, 2.45) is 0 Å². The summed E-state index contributed by atoms with van der Waals surface area (Å²) in [6.07, 6.45) is 5.35. The Kier molecular flexibility index (Phi) is 3.92. The van der Waals surface area contributed by atoms with Gasteiger partial charge in [0.25, 0.3) is 0 Å². The Morgan fingerprint density at radius 3 is 2.73 bits per heavy atom. The predicted octanol–water partition coefficient (Wildman–Crippen LogP) is 4.11. The van der Waals surface area contributed by atoms with Crippen LogP contribution in [0.15, 0.2) is 49.8 Å². The number of benzene rings is 1. The van der Waals surface area contributed by atoms with Crippen LogP contribution in [0.4, 0.5) is 0 Å². The molecule has 0 amide bonds. The van der Waals surface area contributed by atoms with Crippen molar-refractivity contribution in [2.45, 2.75) is 13.8 Å². The van der Waals surface area contributed by atoms with Gasteiger partial charge in [-0.3, -0.25) is 0 Å². The first-order valence-electron chi connectivity index (χ1n) is 4.89. The topological polar surface area (TPSA) is 9.23 Å². The summed E-state index contributed by atoms with van der Waals surface area (Å²) in [7, 11) is 0. The molecule has 0 saturated carbocycles. The summed E-state index contributed by atoms with van der Waals surface area (Å²) in [5.41, 5.74) is 3.14. The zero-order valence-electron chi connectivity index (χ0n) is 9.29. The summed E-state index contributed by atoms with van der Waals surface area (Å²) in [6.45, 7) is 11.6. The fourth-order valence-electron chi connectivity index (χ4n) is 1.38. The minimum atomic E-state index is 0.790. The van der Waals surface area contributed by atoms with Crippen LogP contribution in [-0.2, 0) is 0 Å². The molecule has 0 bridgehead atoms. The van der Waals surface area contributed by atoms with E-state index in [1.54, 1.807) is 0 Å². The number of hydrogen-bond donors (Lipinski definition) is 0. The highest BCUT2D eigenvalue weighted by Gasteiger charge is 2.04. The molecular formula is C14H16O. The minimum Gasteiger partial charge on any atom is -0.465 e. The molecule has 0 unspecified atom stereocenters. The molecule has 0 aliphatic heterocycles. The van der Waals surface area contributed by atoms with E-state index in [0.29, 0.717) is 0 Å². The lowest BCUT2D eigenvalue weighted by molar-refractivity contribution is 0.482. The van der Waals surface area contributed by atoms with Crippen molar-refractivity contribution in [2.75, 3.05) is 0 Å². The third kappa shape index (κ3) is 2.84. The third-order valence-electron chi connectivity index (χ3n) is 2.06. The average Bonchev–Trinajstić information content (AvgIpc) is 2.21. The summed E-state index contributed by atoms with van der Waals surface area (Å²) in [5.74, 6) is 0.790. The maximum atomic E-state index is 5.33. The Balaban J connectivity index is 3.17. The van der Waals surface area contributed by atoms with E-state index in [9.17, 15) is 0 Å². The number of hydrogen-bond acceptors (Lipinski definition) is 1. The normalized spacial score (nSPS) is 10.3. The predicted molar refractivity (Wildman–Crippen MR) is 65.9 cm³/mol. The largest absolute Gasteiger partial charge is 0.465 e. The number of allylic oxidation sites excluding steroid dienone is 3. The smallest absolute Gasteiger partial charge is 0.134 e. The maximum absolute atomic E-state index is 5.33. The van der Waals surface area contributed by atoms with Gasteiger partial charge in [-0.05, 0) is 31.6 Å². The first kappa shape index (κ1) is 11.3. The van der Waals surface area contributed by atoms with Gasteiger partial charge in [0.2, 0.25) is 0 Å². The molecule has 0 fully saturated rings. The quantitative estimate of drug-likeness (QED) is 0.525. The van der Waals surface area contributed by atoms with Gasteiger partial charge in [-0.15, -0.1) is 0 Å². The number of aryl methyl sites for hydroxylation is 1. The van der Waals surface area contributed by atoms with Crippen LogP contribution in [0.2, 0.25) is 0 Å². The Hall–Kier alpha value is -1.76. The Labute approximate surface area is 91.4 Å². The molecule has 0 heterocycles. The summed E-state index contributed by atoms with van der Waals surface area (Å²) in [5, 5.41) is 0. The van der Waals surface area contributed by atoms with E-state index in [2.05, 4.69) is 19.2 Å². The molecule has 1 heteroatoms. The highest BCUT2D eigenvalue weighted by molar-refractivity contribution is 5.76. The molecule has 15 heavy (non-hydrogen) atoms. The van der Waals surface area contributed by atoms with Crippen molar-refractivity contribution in [1.82, 2.24) is 0 Å². The van der Waals surface area contributed by atoms with Crippen LogP contribution in [-0.4, -0.2) is 0 Å². The van der Waals surface area contributed by atoms with Gasteiger partial charge in [0.15, 0.2) is 0 Å². The first-order valence-corrected chi connectivity index (χ1v) is 4.89. The van der Waals surface area contributed by atoms with Crippen LogP contribution in [0.3, 0.4) is 0 Å². The second-order valence-electron chi connectivity index (χ2n) is 3.31. The van der Waals surface area contributed by atoms with E-state index < -0.39 is 0 Å². The molecule has 0 N–H and O–H groups in total. The summed E-state index contributed by atoms with van der Waals surface area (Å²) in [4.78, 5) is 0. The molecule has 0 spiro atoms. The lowest BCUT2D eigenvalue weighted by Gasteiger charge is -2.09. The van der Waals surface area contributed by atoms with Crippen LogP contribution in [0.1, 0.15) is 18.1 Å². The van der Waals surface area contributed by atoms with Gasteiger partial charge in [0.05, 0.1) is 6.26 Å². The number of rotatable bonds is 4. The summed E-state index contributed by atoms with van der Waals surface area (Å²) >= 11 is 0. The van der Waals surface area contributed by atoms with Crippen molar-refractivity contribution in [1.29, 1.82) is 0 Å². The fourth-order valence-corrected chi connectivity index (χ4v) is 1.38. The first-order chi connectivity index (χ1) is 7.19. The van der Waals surface area contributed by atoms with E-state index in [-0.39, 0.29) is 0 Å². The molecule has 78 valence electrons. The summed E-state index contributed by atoms with van der Waals surface area (Å²) < 4.78 is 5.33. The van der Waals surface area contributed by atoms with Gasteiger partial charge < -0.3 is 4.74 Å². The van der Waals surface area contributed by atoms with Crippen LogP contribution in [0, 0.1) is 6.92 Å². The van der Waals surface area contributed by atoms with Crippen molar-refractivity contribution < 1.29 is 4.74 Å². The average molecular weight is 200 g/mol. The molecular weight excluding hydrogens is 184 g/mol. The molecule has 1 aromatic rings. The molecule has 1 aromatic carbocycles. The lowest BCUT2D eigenvalue weighted by Crippen LogP contribution is -1.89. The summed E-state index contributed by atoms with van der Waals surface area (Å²) in [6, 6.07) is 5.99. The van der Waals surface area contributed by atoms with E-state index in [1.165, 1.54) is 11.8 Å². The van der Waals surface area contributed by atoms with Crippen LogP contribution < -0.4 is 4.74 Å². The molecule has 1 rings (SSSR count). The van der Waals surface area contributed by atoms with E-state index in [0.717, 1.165) is 16.9 Å². The van der Waals surface area contributed by atoms with Crippen LogP contribution in [0.5, 0.6) is 5.75 Å². The highest BCUT2D eigenvalue weighted by Crippen LogP contribution is 2.27. The molecule has 1 nitrogen and oxygen atoms in total. The SMILES string of the molecule is C=COc1ccc(C)cc1C(=C)C=CC. The second kappa shape index (κ2) is 5.20. The van der Waals surface area contributed by atoms with Crippen molar-refractivity contribution in [3.63, 3.8) is 0 Å². The third-order valence-corrected chi connectivity index (χ3v) is 2.06. The minimum absolute atomic E-state index is 0.790. The Bertz CT molecular complexity index is 400. The van der Waals surface area contributed by atoms with Gasteiger partial charge in [0.1, 0.15) is 5.75 Å². The molecule has 0 radical (unpaired) electrons. The zero-order valence-corrected chi connectivity index (χ0v) is 9.29. The van der Waals surface area contributed by atoms with Gasteiger partial charge in [-0.25, -0.2) is 0 Å². The molecule has 0 aliphatic carbocycles.